The van der Waals surface area contributed by atoms with Crippen LogP contribution in [0.25, 0.3) is 0 Å². The largest absolute Gasteiger partial charge is 0.459 e. The molecule has 2 heterocycles. The lowest BCUT2D eigenvalue weighted by atomic mass is 10.1. The van der Waals surface area contributed by atoms with Crippen molar-refractivity contribution in [3.8, 4) is 0 Å². The van der Waals surface area contributed by atoms with Crippen molar-refractivity contribution < 1.29 is 9.53 Å². The summed E-state index contributed by atoms with van der Waals surface area (Å²) in [4.78, 5) is 18.6. The summed E-state index contributed by atoms with van der Waals surface area (Å²) in [6.45, 7) is 7.63. The van der Waals surface area contributed by atoms with Crippen LogP contribution in [0.1, 0.15) is 53.9 Å². The number of likely N-dealkylation sites (N-methyl/N-ethyl adjacent to an activating group) is 1. The SMILES string of the molecule is CC(C)OC(=O)c1c(NC(=S)N2CCN(C)CC2)sc2c1CCCCC2. The van der Waals surface area contributed by atoms with Crippen molar-refractivity contribution in [2.24, 2.45) is 0 Å². The van der Waals surface area contributed by atoms with E-state index in [2.05, 4.69) is 22.2 Å². The first-order valence-electron chi connectivity index (χ1n) is 9.55. The lowest BCUT2D eigenvalue weighted by Crippen LogP contribution is -2.48. The van der Waals surface area contributed by atoms with Gasteiger partial charge < -0.3 is 19.9 Å². The molecule has 0 radical (unpaired) electrons. The molecule has 0 saturated carbocycles. The van der Waals surface area contributed by atoms with Gasteiger partial charge in [-0.05, 0) is 64.4 Å². The summed E-state index contributed by atoms with van der Waals surface area (Å²) in [5.41, 5.74) is 1.90. The van der Waals surface area contributed by atoms with Crippen molar-refractivity contribution in [3.63, 3.8) is 0 Å². The quantitative estimate of drug-likeness (QED) is 0.480. The van der Waals surface area contributed by atoms with E-state index in [0.29, 0.717) is 5.11 Å². The van der Waals surface area contributed by atoms with E-state index in [9.17, 15) is 4.79 Å². The minimum atomic E-state index is -0.219. The van der Waals surface area contributed by atoms with Crippen molar-refractivity contribution in [1.29, 1.82) is 0 Å². The molecule has 1 N–H and O–H groups in total. The highest BCUT2D eigenvalue weighted by Crippen LogP contribution is 2.38. The molecular formula is C19H29N3O2S2. The van der Waals surface area contributed by atoms with Crippen LogP contribution in [-0.4, -0.2) is 60.2 Å². The van der Waals surface area contributed by atoms with Gasteiger partial charge in [-0.2, -0.15) is 0 Å². The molecular weight excluding hydrogens is 366 g/mol. The third-order valence-electron chi connectivity index (χ3n) is 4.98. The number of rotatable bonds is 3. The number of esters is 1. The monoisotopic (exact) mass is 395 g/mol. The van der Waals surface area contributed by atoms with Gasteiger partial charge in [0, 0.05) is 31.1 Å². The van der Waals surface area contributed by atoms with Gasteiger partial charge in [0.05, 0.1) is 11.7 Å². The Morgan fingerprint density at radius 2 is 1.85 bits per heavy atom. The number of piperazine rings is 1. The molecule has 5 nitrogen and oxygen atoms in total. The minimum Gasteiger partial charge on any atom is -0.459 e. The minimum absolute atomic E-state index is 0.124. The number of carbonyl (C=O) groups is 1. The maximum Gasteiger partial charge on any atom is 0.341 e. The number of hydrogen-bond acceptors (Lipinski definition) is 5. The van der Waals surface area contributed by atoms with Crippen LogP contribution in [0.4, 0.5) is 5.00 Å². The molecule has 0 atom stereocenters. The lowest BCUT2D eigenvalue weighted by Gasteiger charge is -2.34. The summed E-state index contributed by atoms with van der Waals surface area (Å²) < 4.78 is 5.55. The maximum absolute atomic E-state index is 12.8. The van der Waals surface area contributed by atoms with E-state index < -0.39 is 0 Å². The number of thiophene rings is 1. The fourth-order valence-corrected chi connectivity index (χ4v) is 5.13. The van der Waals surface area contributed by atoms with Gasteiger partial charge in [-0.15, -0.1) is 11.3 Å². The van der Waals surface area contributed by atoms with Gasteiger partial charge in [0.1, 0.15) is 5.00 Å². The highest BCUT2D eigenvalue weighted by atomic mass is 32.1. The number of nitrogens with one attached hydrogen (secondary N) is 1. The van der Waals surface area contributed by atoms with Gasteiger partial charge in [-0.25, -0.2) is 4.79 Å². The summed E-state index contributed by atoms with van der Waals surface area (Å²) in [6.07, 6.45) is 5.43. The van der Waals surface area contributed by atoms with E-state index in [1.165, 1.54) is 23.3 Å². The van der Waals surface area contributed by atoms with Crippen molar-refractivity contribution in [2.45, 2.75) is 52.1 Å². The van der Waals surface area contributed by atoms with Crippen LogP contribution < -0.4 is 5.32 Å². The third-order valence-corrected chi connectivity index (χ3v) is 6.55. The molecule has 1 aromatic rings. The Kier molecular flexibility index (Phi) is 6.53. The number of ether oxygens (including phenoxy) is 1. The highest BCUT2D eigenvalue weighted by molar-refractivity contribution is 7.80. The number of nitrogens with zero attached hydrogens (tertiary/aromatic N) is 2. The first-order chi connectivity index (χ1) is 12.5. The highest BCUT2D eigenvalue weighted by Gasteiger charge is 2.27. The van der Waals surface area contributed by atoms with Crippen LogP contribution >= 0.6 is 23.6 Å². The summed E-state index contributed by atoms with van der Waals surface area (Å²) >= 11 is 7.33. The van der Waals surface area contributed by atoms with Crippen LogP contribution in [-0.2, 0) is 17.6 Å². The first kappa shape index (κ1) is 19.6. The molecule has 0 aromatic carbocycles. The Morgan fingerprint density at radius 3 is 2.54 bits per heavy atom. The van der Waals surface area contributed by atoms with Crippen LogP contribution in [0, 0.1) is 0 Å². The Morgan fingerprint density at radius 1 is 1.15 bits per heavy atom. The fraction of sp³-hybridized carbons (Fsp3) is 0.684. The van der Waals surface area contributed by atoms with E-state index in [1.54, 1.807) is 11.3 Å². The standard InChI is InChI=1S/C19H29N3O2S2/c1-13(2)24-18(23)16-14-7-5-4-6-8-15(14)26-17(16)20-19(25)22-11-9-21(3)10-12-22/h13H,4-12H2,1-3H3,(H,20,25). The van der Waals surface area contributed by atoms with Gasteiger partial charge in [-0.1, -0.05) is 6.42 Å². The summed E-state index contributed by atoms with van der Waals surface area (Å²) in [7, 11) is 2.13. The van der Waals surface area contributed by atoms with E-state index in [4.69, 9.17) is 17.0 Å². The predicted octanol–water partition coefficient (Wildman–Crippen LogP) is 3.53. The van der Waals surface area contributed by atoms with Crippen LogP contribution in [0.2, 0.25) is 0 Å². The maximum atomic E-state index is 12.8. The zero-order valence-electron chi connectivity index (χ0n) is 16.0. The van der Waals surface area contributed by atoms with Gasteiger partial charge in [0.25, 0.3) is 0 Å². The predicted molar refractivity (Wildman–Crippen MR) is 111 cm³/mol. The molecule has 1 saturated heterocycles. The second-order valence-corrected chi connectivity index (χ2v) is 8.93. The summed E-state index contributed by atoms with van der Waals surface area (Å²) in [6, 6.07) is 0. The third kappa shape index (κ3) is 4.56. The fourth-order valence-electron chi connectivity index (χ4n) is 3.51. The smallest absolute Gasteiger partial charge is 0.341 e. The van der Waals surface area contributed by atoms with Gasteiger partial charge in [0.15, 0.2) is 5.11 Å². The Labute approximate surface area is 165 Å². The normalized spacial score (nSPS) is 18.4. The van der Waals surface area contributed by atoms with E-state index in [0.717, 1.165) is 56.0 Å². The van der Waals surface area contributed by atoms with E-state index in [1.807, 2.05) is 13.8 Å². The second-order valence-electron chi connectivity index (χ2n) is 7.44. The van der Waals surface area contributed by atoms with Gasteiger partial charge >= 0.3 is 5.97 Å². The Balaban J connectivity index is 1.83. The lowest BCUT2D eigenvalue weighted by molar-refractivity contribution is 0.0378. The number of aryl methyl sites for hydroxylation is 1. The number of anilines is 1. The molecule has 1 fully saturated rings. The van der Waals surface area contributed by atoms with Crippen LogP contribution in [0.15, 0.2) is 0 Å². The van der Waals surface area contributed by atoms with Gasteiger partial charge in [0.2, 0.25) is 0 Å². The molecule has 0 spiro atoms. The molecule has 1 aliphatic carbocycles. The topological polar surface area (TPSA) is 44.8 Å². The number of fused-ring (bicyclic) bond motifs is 1. The van der Waals surface area contributed by atoms with Crippen molar-refractivity contribution in [3.05, 3.63) is 16.0 Å². The Hall–Kier alpha value is -1.18. The molecule has 0 amide bonds. The molecule has 1 aromatic heterocycles. The average Bonchev–Trinajstić information content (AvgIpc) is 2.76. The number of carbonyl (C=O) groups excluding carboxylic acids is 1. The van der Waals surface area contributed by atoms with Crippen molar-refractivity contribution in [2.75, 3.05) is 38.5 Å². The molecule has 2 aliphatic rings. The first-order valence-corrected chi connectivity index (χ1v) is 10.8. The molecule has 1 aliphatic heterocycles. The molecule has 144 valence electrons. The second kappa shape index (κ2) is 8.67. The van der Waals surface area contributed by atoms with E-state index >= 15 is 0 Å². The van der Waals surface area contributed by atoms with Crippen molar-refractivity contribution >= 4 is 39.6 Å². The molecule has 0 unspecified atom stereocenters. The van der Waals surface area contributed by atoms with Crippen LogP contribution in [0.3, 0.4) is 0 Å². The number of thiocarbonyl (C=S) groups is 1. The Bertz CT molecular complexity index is 664. The summed E-state index contributed by atoms with van der Waals surface area (Å²) in [5.74, 6) is -0.219. The molecule has 3 rings (SSSR count). The van der Waals surface area contributed by atoms with E-state index in [-0.39, 0.29) is 12.1 Å². The summed E-state index contributed by atoms with van der Waals surface area (Å²) in [5, 5.41) is 4.97. The molecule has 26 heavy (non-hydrogen) atoms. The number of hydrogen-bond donors (Lipinski definition) is 1. The van der Waals surface area contributed by atoms with Crippen molar-refractivity contribution in [1.82, 2.24) is 9.80 Å². The van der Waals surface area contributed by atoms with Crippen LogP contribution in [0.5, 0.6) is 0 Å². The molecule has 0 bridgehead atoms. The zero-order chi connectivity index (χ0) is 18.7. The average molecular weight is 396 g/mol. The zero-order valence-corrected chi connectivity index (χ0v) is 17.6. The van der Waals surface area contributed by atoms with Gasteiger partial charge in [-0.3, -0.25) is 0 Å². The molecule has 7 heteroatoms.